The smallest absolute Gasteiger partial charge is 0.191 e. The highest BCUT2D eigenvalue weighted by molar-refractivity contribution is 9.09. The van der Waals surface area contributed by atoms with E-state index in [0.717, 1.165) is 6.20 Å². The standard InChI is InChI=1S/C7H5BrFNO/c8-3-7(11)6-2-1-5(9)4-10-6/h1-2,4H,3H2. The Morgan fingerprint density at radius 3 is 2.82 bits per heavy atom. The number of hydrogen-bond donors (Lipinski definition) is 0. The van der Waals surface area contributed by atoms with Crippen molar-refractivity contribution in [2.45, 2.75) is 0 Å². The first-order chi connectivity index (χ1) is 5.24. The van der Waals surface area contributed by atoms with Crippen molar-refractivity contribution >= 4 is 21.7 Å². The lowest BCUT2D eigenvalue weighted by Gasteiger charge is -1.93. The van der Waals surface area contributed by atoms with E-state index in [4.69, 9.17) is 0 Å². The average Bonchev–Trinajstić information content (AvgIpc) is 2.05. The second-order valence-electron chi connectivity index (χ2n) is 1.92. The molecule has 1 aromatic heterocycles. The predicted molar refractivity (Wildman–Crippen MR) is 42.3 cm³/mol. The zero-order valence-electron chi connectivity index (χ0n) is 5.55. The molecule has 0 fully saturated rings. The first kappa shape index (κ1) is 8.33. The fourth-order valence-electron chi connectivity index (χ4n) is 0.609. The summed E-state index contributed by atoms with van der Waals surface area (Å²) in [6, 6.07) is 2.57. The molecule has 0 saturated heterocycles. The van der Waals surface area contributed by atoms with Crippen LogP contribution in [0.25, 0.3) is 0 Å². The summed E-state index contributed by atoms with van der Waals surface area (Å²) in [5.41, 5.74) is 0.281. The normalized spacial score (nSPS) is 9.64. The Balaban J connectivity index is 2.90. The largest absolute Gasteiger partial charge is 0.291 e. The highest BCUT2D eigenvalue weighted by atomic mass is 79.9. The molecule has 58 valence electrons. The zero-order chi connectivity index (χ0) is 8.27. The maximum atomic E-state index is 12.3. The van der Waals surface area contributed by atoms with Crippen LogP contribution in [-0.2, 0) is 0 Å². The van der Waals surface area contributed by atoms with Gasteiger partial charge in [0.25, 0.3) is 0 Å². The van der Waals surface area contributed by atoms with Gasteiger partial charge in [0.2, 0.25) is 0 Å². The number of ketones is 1. The lowest BCUT2D eigenvalue weighted by atomic mass is 10.3. The summed E-state index contributed by atoms with van der Waals surface area (Å²) in [6.45, 7) is 0. The Morgan fingerprint density at radius 2 is 2.36 bits per heavy atom. The van der Waals surface area contributed by atoms with Crippen molar-refractivity contribution in [3.8, 4) is 0 Å². The molecule has 0 N–H and O–H groups in total. The van der Waals surface area contributed by atoms with Crippen LogP contribution in [-0.4, -0.2) is 16.1 Å². The molecule has 0 aliphatic rings. The molecule has 1 aromatic rings. The molecule has 0 spiro atoms. The monoisotopic (exact) mass is 217 g/mol. The summed E-state index contributed by atoms with van der Waals surface area (Å²) in [6.07, 6.45) is 1.02. The Kier molecular flexibility index (Phi) is 2.70. The van der Waals surface area contributed by atoms with Gasteiger partial charge in [-0.1, -0.05) is 15.9 Å². The Bertz CT molecular complexity index is 260. The SMILES string of the molecule is O=C(CBr)c1ccc(F)cn1. The van der Waals surface area contributed by atoms with Gasteiger partial charge in [0, 0.05) is 0 Å². The number of alkyl halides is 1. The van der Waals surface area contributed by atoms with Gasteiger partial charge in [0.15, 0.2) is 5.78 Å². The van der Waals surface area contributed by atoms with Crippen LogP contribution in [0.15, 0.2) is 18.3 Å². The molecule has 0 amide bonds. The van der Waals surface area contributed by atoms with Crippen molar-refractivity contribution in [2.24, 2.45) is 0 Å². The number of Topliss-reactive ketones (excluding diaryl/α,β-unsaturated/α-hetero) is 1. The molecule has 0 aromatic carbocycles. The minimum atomic E-state index is -0.434. The highest BCUT2D eigenvalue weighted by Crippen LogP contribution is 2.00. The van der Waals surface area contributed by atoms with Crippen molar-refractivity contribution in [2.75, 3.05) is 5.33 Å². The Hall–Kier alpha value is -0.770. The molecule has 0 atom stereocenters. The number of nitrogens with zero attached hydrogens (tertiary/aromatic N) is 1. The van der Waals surface area contributed by atoms with E-state index >= 15 is 0 Å². The summed E-state index contributed by atoms with van der Waals surface area (Å²) in [7, 11) is 0. The van der Waals surface area contributed by atoms with Crippen LogP contribution in [0.4, 0.5) is 4.39 Å². The molecule has 0 aliphatic carbocycles. The van der Waals surface area contributed by atoms with E-state index in [1.807, 2.05) is 0 Å². The third-order valence-corrected chi connectivity index (χ3v) is 1.64. The third kappa shape index (κ3) is 2.08. The van der Waals surface area contributed by atoms with E-state index in [-0.39, 0.29) is 16.8 Å². The van der Waals surface area contributed by atoms with Gasteiger partial charge < -0.3 is 0 Å². The van der Waals surface area contributed by atoms with Crippen molar-refractivity contribution in [3.05, 3.63) is 29.8 Å². The number of carbonyl (C=O) groups is 1. The predicted octanol–water partition coefficient (Wildman–Crippen LogP) is 1.80. The van der Waals surface area contributed by atoms with Crippen molar-refractivity contribution in [1.82, 2.24) is 4.98 Å². The Labute approximate surface area is 71.6 Å². The molecule has 0 bridgehead atoms. The topological polar surface area (TPSA) is 30.0 Å². The van der Waals surface area contributed by atoms with Crippen LogP contribution >= 0.6 is 15.9 Å². The summed E-state index contributed by atoms with van der Waals surface area (Å²) in [5.74, 6) is -0.582. The van der Waals surface area contributed by atoms with E-state index < -0.39 is 5.82 Å². The molecular formula is C7H5BrFNO. The van der Waals surface area contributed by atoms with Gasteiger partial charge in [-0.25, -0.2) is 4.39 Å². The van der Waals surface area contributed by atoms with Crippen molar-refractivity contribution < 1.29 is 9.18 Å². The molecule has 11 heavy (non-hydrogen) atoms. The van der Waals surface area contributed by atoms with Crippen LogP contribution in [0.3, 0.4) is 0 Å². The number of carbonyl (C=O) groups excluding carboxylic acids is 1. The van der Waals surface area contributed by atoms with Crippen molar-refractivity contribution in [1.29, 1.82) is 0 Å². The van der Waals surface area contributed by atoms with Gasteiger partial charge in [-0.05, 0) is 12.1 Å². The molecular weight excluding hydrogens is 213 g/mol. The zero-order valence-corrected chi connectivity index (χ0v) is 7.14. The second-order valence-corrected chi connectivity index (χ2v) is 2.48. The minimum Gasteiger partial charge on any atom is -0.291 e. The quantitative estimate of drug-likeness (QED) is 0.559. The molecule has 0 aliphatic heterocycles. The number of halogens is 2. The molecule has 2 nitrogen and oxygen atoms in total. The second kappa shape index (κ2) is 3.57. The maximum absolute atomic E-state index is 12.3. The van der Waals surface area contributed by atoms with E-state index in [1.165, 1.54) is 12.1 Å². The van der Waals surface area contributed by atoms with Crippen LogP contribution in [0.2, 0.25) is 0 Å². The fraction of sp³-hybridized carbons (Fsp3) is 0.143. The summed E-state index contributed by atoms with van der Waals surface area (Å²) < 4.78 is 12.3. The summed E-state index contributed by atoms with van der Waals surface area (Å²) in [4.78, 5) is 14.5. The van der Waals surface area contributed by atoms with Gasteiger partial charge in [-0.15, -0.1) is 0 Å². The summed E-state index contributed by atoms with van der Waals surface area (Å²) in [5, 5.41) is 0.214. The van der Waals surface area contributed by atoms with Crippen LogP contribution in [0.5, 0.6) is 0 Å². The molecule has 0 saturated carbocycles. The van der Waals surface area contributed by atoms with E-state index in [2.05, 4.69) is 20.9 Å². The van der Waals surface area contributed by atoms with Gasteiger partial charge in [0.05, 0.1) is 11.5 Å². The van der Waals surface area contributed by atoms with Crippen LogP contribution in [0.1, 0.15) is 10.5 Å². The molecule has 1 rings (SSSR count). The first-order valence-corrected chi connectivity index (χ1v) is 4.07. The molecule has 4 heteroatoms. The van der Waals surface area contributed by atoms with E-state index in [9.17, 15) is 9.18 Å². The number of hydrogen-bond acceptors (Lipinski definition) is 2. The lowest BCUT2D eigenvalue weighted by molar-refractivity contribution is 0.101. The average molecular weight is 218 g/mol. The van der Waals surface area contributed by atoms with E-state index in [1.54, 1.807) is 0 Å². The Morgan fingerprint density at radius 1 is 1.64 bits per heavy atom. The molecule has 1 heterocycles. The molecule has 0 radical (unpaired) electrons. The minimum absolute atomic E-state index is 0.148. The van der Waals surface area contributed by atoms with Gasteiger partial charge in [-0.2, -0.15) is 0 Å². The van der Waals surface area contributed by atoms with Crippen molar-refractivity contribution in [3.63, 3.8) is 0 Å². The lowest BCUT2D eigenvalue weighted by Crippen LogP contribution is -2.02. The number of aromatic nitrogens is 1. The number of pyridine rings is 1. The van der Waals surface area contributed by atoms with Gasteiger partial charge in [-0.3, -0.25) is 9.78 Å². The maximum Gasteiger partial charge on any atom is 0.191 e. The van der Waals surface area contributed by atoms with Crippen LogP contribution < -0.4 is 0 Å². The third-order valence-electron chi connectivity index (χ3n) is 1.13. The number of rotatable bonds is 2. The van der Waals surface area contributed by atoms with Gasteiger partial charge in [0.1, 0.15) is 11.5 Å². The first-order valence-electron chi connectivity index (χ1n) is 2.95. The van der Waals surface area contributed by atoms with E-state index in [0.29, 0.717) is 0 Å². The summed E-state index contributed by atoms with van der Waals surface area (Å²) >= 11 is 2.99. The highest BCUT2D eigenvalue weighted by Gasteiger charge is 2.03. The fourth-order valence-corrected chi connectivity index (χ4v) is 0.896. The molecule has 0 unspecified atom stereocenters. The van der Waals surface area contributed by atoms with Crippen LogP contribution in [0, 0.1) is 5.82 Å². The van der Waals surface area contributed by atoms with Gasteiger partial charge >= 0.3 is 0 Å².